The maximum atomic E-state index is 12.6. The summed E-state index contributed by atoms with van der Waals surface area (Å²) in [6.45, 7) is 2.82. The van der Waals surface area contributed by atoms with Gasteiger partial charge >= 0.3 is 0 Å². The molecule has 1 atom stereocenters. The first kappa shape index (κ1) is 14.2. The van der Waals surface area contributed by atoms with Crippen molar-refractivity contribution in [2.24, 2.45) is 0 Å². The van der Waals surface area contributed by atoms with E-state index >= 15 is 0 Å². The van der Waals surface area contributed by atoms with Crippen molar-refractivity contribution in [2.45, 2.75) is 24.3 Å². The number of anilines is 1. The Morgan fingerprint density at radius 3 is 2.67 bits per heavy atom. The van der Waals surface area contributed by atoms with E-state index in [0.717, 1.165) is 24.4 Å². The molecule has 2 nitrogen and oxygen atoms in total. The second-order valence-corrected chi connectivity index (χ2v) is 6.64. The molecule has 0 saturated heterocycles. The minimum absolute atomic E-state index is 0.0173. The predicted molar refractivity (Wildman–Crippen MR) is 89.7 cm³/mol. The Labute approximate surface area is 130 Å². The van der Waals surface area contributed by atoms with Crippen LogP contribution < -0.4 is 4.90 Å². The van der Waals surface area contributed by atoms with E-state index in [4.69, 9.17) is 0 Å². The normalized spacial score (nSPS) is 14.8. The van der Waals surface area contributed by atoms with Gasteiger partial charge in [-0.3, -0.25) is 4.79 Å². The Hall–Kier alpha value is -1.74. The standard InChI is InChI=1S/C18H19NOS/c1-14(21-13-15-7-3-2-4-8-15)18(20)19-12-11-16-9-5-6-10-17(16)19/h2-10,14H,11-13H2,1H3. The summed E-state index contributed by atoms with van der Waals surface area (Å²) in [7, 11) is 0. The molecule has 1 unspecified atom stereocenters. The summed E-state index contributed by atoms with van der Waals surface area (Å²) >= 11 is 1.71. The van der Waals surface area contributed by atoms with E-state index < -0.39 is 0 Å². The molecule has 0 aliphatic carbocycles. The number of fused-ring (bicyclic) bond motifs is 1. The van der Waals surface area contributed by atoms with Crippen molar-refractivity contribution < 1.29 is 4.79 Å². The number of carbonyl (C=O) groups is 1. The second-order valence-electron chi connectivity index (χ2n) is 5.31. The fraction of sp³-hybridized carbons (Fsp3) is 0.278. The molecule has 108 valence electrons. The van der Waals surface area contributed by atoms with Crippen molar-refractivity contribution in [1.29, 1.82) is 0 Å². The number of rotatable bonds is 4. The molecule has 0 bridgehead atoms. The fourth-order valence-corrected chi connectivity index (χ4v) is 3.56. The highest BCUT2D eigenvalue weighted by Crippen LogP contribution is 2.30. The van der Waals surface area contributed by atoms with E-state index in [-0.39, 0.29) is 11.2 Å². The molecule has 21 heavy (non-hydrogen) atoms. The van der Waals surface area contributed by atoms with Gasteiger partial charge in [0.2, 0.25) is 5.91 Å². The highest BCUT2D eigenvalue weighted by Gasteiger charge is 2.27. The zero-order valence-electron chi connectivity index (χ0n) is 12.2. The Balaban J connectivity index is 1.63. The number of amides is 1. The van der Waals surface area contributed by atoms with Gasteiger partial charge in [-0.15, -0.1) is 11.8 Å². The van der Waals surface area contributed by atoms with Crippen LogP contribution in [0.25, 0.3) is 0 Å². The molecule has 1 heterocycles. The molecular weight excluding hydrogens is 278 g/mol. The van der Waals surface area contributed by atoms with Crippen LogP contribution in [0.3, 0.4) is 0 Å². The molecule has 1 amide bonds. The lowest BCUT2D eigenvalue weighted by molar-refractivity contribution is -0.117. The largest absolute Gasteiger partial charge is 0.311 e. The van der Waals surface area contributed by atoms with Gasteiger partial charge in [0.1, 0.15) is 0 Å². The number of carbonyl (C=O) groups excluding carboxylic acids is 1. The first-order chi connectivity index (χ1) is 10.3. The summed E-state index contributed by atoms with van der Waals surface area (Å²) < 4.78 is 0. The van der Waals surface area contributed by atoms with Crippen molar-refractivity contribution in [2.75, 3.05) is 11.4 Å². The number of para-hydroxylation sites is 1. The summed E-state index contributed by atoms with van der Waals surface area (Å²) in [5.74, 6) is 1.10. The summed E-state index contributed by atoms with van der Waals surface area (Å²) in [5.41, 5.74) is 3.64. The quantitative estimate of drug-likeness (QED) is 0.853. The zero-order valence-corrected chi connectivity index (χ0v) is 13.0. The molecule has 1 aliphatic rings. The van der Waals surface area contributed by atoms with Crippen LogP contribution in [0.1, 0.15) is 18.1 Å². The smallest absolute Gasteiger partial charge is 0.239 e. The third-order valence-electron chi connectivity index (χ3n) is 3.84. The Kier molecular flexibility index (Phi) is 4.30. The lowest BCUT2D eigenvalue weighted by Crippen LogP contribution is -2.35. The van der Waals surface area contributed by atoms with Crippen LogP contribution in [-0.2, 0) is 17.0 Å². The molecule has 3 rings (SSSR count). The highest BCUT2D eigenvalue weighted by atomic mass is 32.2. The van der Waals surface area contributed by atoms with Gasteiger partial charge in [0.05, 0.1) is 5.25 Å². The fourth-order valence-electron chi connectivity index (χ4n) is 2.65. The van der Waals surface area contributed by atoms with E-state index in [1.54, 1.807) is 11.8 Å². The molecule has 0 fully saturated rings. The Morgan fingerprint density at radius 1 is 1.14 bits per heavy atom. The van der Waals surface area contributed by atoms with Crippen molar-refractivity contribution in [3.63, 3.8) is 0 Å². The SMILES string of the molecule is CC(SCc1ccccc1)C(=O)N1CCc2ccccc21. The van der Waals surface area contributed by atoms with Gasteiger partial charge in [-0.05, 0) is 30.5 Å². The highest BCUT2D eigenvalue weighted by molar-refractivity contribution is 7.99. The van der Waals surface area contributed by atoms with Crippen LogP contribution in [0.2, 0.25) is 0 Å². The molecule has 2 aromatic rings. The van der Waals surface area contributed by atoms with Crippen LogP contribution >= 0.6 is 11.8 Å². The first-order valence-electron chi connectivity index (χ1n) is 7.30. The Bertz CT molecular complexity index is 626. The van der Waals surface area contributed by atoms with Gasteiger partial charge in [-0.25, -0.2) is 0 Å². The first-order valence-corrected chi connectivity index (χ1v) is 8.35. The molecular formula is C18H19NOS. The molecule has 1 aliphatic heterocycles. The summed E-state index contributed by atoms with van der Waals surface area (Å²) in [4.78, 5) is 14.6. The molecule has 0 radical (unpaired) electrons. The summed E-state index contributed by atoms with van der Waals surface area (Å²) in [5, 5.41) is -0.0173. The predicted octanol–water partition coefficient (Wildman–Crippen LogP) is 3.90. The van der Waals surface area contributed by atoms with Crippen molar-refractivity contribution >= 4 is 23.4 Å². The minimum Gasteiger partial charge on any atom is -0.311 e. The molecule has 0 aromatic heterocycles. The van der Waals surface area contributed by atoms with Gasteiger partial charge in [-0.2, -0.15) is 0 Å². The van der Waals surface area contributed by atoms with E-state index in [0.29, 0.717) is 0 Å². The number of hydrogen-bond donors (Lipinski definition) is 0. The van der Waals surface area contributed by atoms with Crippen LogP contribution in [0, 0.1) is 0 Å². The van der Waals surface area contributed by atoms with Crippen molar-refractivity contribution in [3.05, 3.63) is 65.7 Å². The molecule has 2 aromatic carbocycles. The second kappa shape index (κ2) is 6.35. The third-order valence-corrected chi connectivity index (χ3v) is 5.05. The van der Waals surface area contributed by atoms with E-state index in [1.807, 2.05) is 42.2 Å². The molecule has 0 N–H and O–H groups in total. The number of thioether (sulfide) groups is 1. The summed E-state index contributed by atoms with van der Waals surface area (Å²) in [6, 6.07) is 18.5. The van der Waals surface area contributed by atoms with Crippen LogP contribution in [0.15, 0.2) is 54.6 Å². The summed E-state index contributed by atoms with van der Waals surface area (Å²) in [6.07, 6.45) is 0.970. The van der Waals surface area contributed by atoms with Gasteiger partial charge in [-0.1, -0.05) is 48.5 Å². The van der Waals surface area contributed by atoms with Gasteiger partial charge < -0.3 is 4.90 Å². The molecule has 3 heteroatoms. The van der Waals surface area contributed by atoms with Crippen molar-refractivity contribution in [1.82, 2.24) is 0 Å². The van der Waals surface area contributed by atoms with Crippen LogP contribution in [0.4, 0.5) is 5.69 Å². The number of hydrogen-bond acceptors (Lipinski definition) is 2. The van der Waals surface area contributed by atoms with E-state index in [2.05, 4.69) is 24.3 Å². The molecule has 0 saturated carbocycles. The zero-order chi connectivity index (χ0) is 14.7. The van der Waals surface area contributed by atoms with E-state index in [1.165, 1.54) is 11.1 Å². The number of benzene rings is 2. The van der Waals surface area contributed by atoms with Gasteiger partial charge in [0, 0.05) is 18.0 Å². The Morgan fingerprint density at radius 2 is 1.86 bits per heavy atom. The maximum Gasteiger partial charge on any atom is 0.239 e. The van der Waals surface area contributed by atoms with Crippen molar-refractivity contribution in [3.8, 4) is 0 Å². The average molecular weight is 297 g/mol. The molecule has 0 spiro atoms. The van der Waals surface area contributed by atoms with Crippen LogP contribution in [0.5, 0.6) is 0 Å². The minimum atomic E-state index is -0.0173. The average Bonchev–Trinajstić information content (AvgIpc) is 2.97. The lowest BCUT2D eigenvalue weighted by Gasteiger charge is -2.21. The van der Waals surface area contributed by atoms with Gasteiger partial charge in [0.25, 0.3) is 0 Å². The number of nitrogens with zero attached hydrogens (tertiary/aromatic N) is 1. The maximum absolute atomic E-state index is 12.6. The lowest BCUT2D eigenvalue weighted by atomic mass is 10.2. The monoisotopic (exact) mass is 297 g/mol. The van der Waals surface area contributed by atoms with Gasteiger partial charge in [0.15, 0.2) is 0 Å². The third kappa shape index (κ3) is 3.13. The topological polar surface area (TPSA) is 20.3 Å². The van der Waals surface area contributed by atoms with E-state index in [9.17, 15) is 4.79 Å². The van der Waals surface area contributed by atoms with Crippen LogP contribution in [-0.4, -0.2) is 17.7 Å².